The average molecular weight is 487 g/mol. The lowest BCUT2D eigenvalue weighted by molar-refractivity contribution is 0.271. The van der Waals surface area contributed by atoms with Crippen molar-refractivity contribution >= 4 is 0 Å². The van der Waals surface area contributed by atoms with Crippen molar-refractivity contribution in [1.82, 2.24) is 0 Å². The van der Waals surface area contributed by atoms with Gasteiger partial charge in [-0.05, 0) is 185 Å². The number of hydrogen-bond acceptors (Lipinski definition) is 0. The molecular formula is C36H54. The number of aryl methyl sites for hydroxylation is 2. The molecule has 0 aromatic heterocycles. The molecule has 0 radical (unpaired) electrons. The Labute approximate surface area is 223 Å². The van der Waals surface area contributed by atoms with Gasteiger partial charge in [-0.1, -0.05) is 38.8 Å². The van der Waals surface area contributed by atoms with Gasteiger partial charge in [0.2, 0.25) is 0 Å². The van der Waals surface area contributed by atoms with Crippen LogP contribution in [0, 0.1) is 65.2 Å². The highest BCUT2D eigenvalue weighted by atomic mass is 14.3. The lowest BCUT2D eigenvalue weighted by atomic mass is 9.74. The minimum absolute atomic E-state index is 0.871. The molecule has 0 heteroatoms. The highest BCUT2D eigenvalue weighted by Gasteiger charge is 2.25. The van der Waals surface area contributed by atoms with E-state index in [9.17, 15) is 0 Å². The molecule has 0 bridgehead atoms. The topological polar surface area (TPSA) is 0 Å². The van der Waals surface area contributed by atoms with Gasteiger partial charge in [0.1, 0.15) is 0 Å². The molecule has 2 fully saturated rings. The Morgan fingerprint density at radius 2 is 0.917 bits per heavy atom. The van der Waals surface area contributed by atoms with Gasteiger partial charge in [0, 0.05) is 0 Å². The van der Waals surface area contributed by atoms with Crippen LogP contribution in [0.1, 0.15) is 121 Å². The third-order valence-electron chi connectivity index (χ3n) is 10.7. The van der Waals surface area contributed by atoms with Gasteiger partial charge in [-0.25, -0.2) is 0 Å². The Morgan fingerprint density at radius 3 is 1.39 bits per heavy atom. The fourth-order valence-corrected chi connectivity index (χ4v) is 7.81. The van der Waals surface area contributed by atoms with Gasteiger partial charge in [-0.2, -0.15) is 0 Å². The lowest BCUT2D eigenvalue weighted by Gasteiger charge is -2.31. The zero-order valence-corrected chi connectivity index (χ0v) is 24.9. The van der Waals surface area contributed by atoms with Gasteiger partial charge in [0.25, 0.3) is 0 Å². The van der Waals surface area contributed by atoms with E-state index in [0.29, 0.717) is 0 Å². The molecule has 0 N–H and O–H groups in total. The normalized spacial score (nSPS) is 24.8. The number of rotatable bonds is 7. The summed E-state index contributed by atoms with van der Waals surface area (Å²) in [5.74, 6) is 3.60. The third-order valence-corrected chi connectivity index (χ3v) is 10.7. The Balaban J connectivity index is 1.36. The Kier molecular flexibility index (Phi) is 9.06. The minimum atomic E-state index is 0.871. The summed E-state index contributed by atoms with van der Waals surface area (Å²) in [6.45, 7) is 19.0. The van der Waals surface area contributed by atoms with Crippen LogP contribution in [0.15, 0.2) is 12.1 Å². The van der Waals surface area contributed by atoms with Crippen LogP contribution in [0.5, 0.6) is 0 Å². The molecule has 2 aliphatic rings. The van der Waals surface area contributed by atoms with Crippen LogP contribution in [0.4, 0.5) is 0 Å². The molecule has 0 aliphatic heterocycles. The first-order valence-electron chi connectivity index (χ1n) is 15.3. The number of hydrogen-bond donors (Lipinski definition) is 0. The number of benzene rings is 2. The van der Waals surface area contributed by atoms with E-state index in [4.69, 9.17) is 0 Å². The van der Waals surface area contributed by atoms with Crippen LogP contribution in [0.2, 0.25) is 0 Å². The lowest BCUT2D eigenvalue weighted by Crippen LogP contribution is -2.20. The smallest absolute Gasteiger partial charge is 0.0245 e. The first-order valence-corrected chi connectivity index (χ1v) is 15.3. The monoisotopic (exact) mass is 486 g/mol. The maximum Gasteiger partial charge on any atom is -0.0245 e. The van der Waals surface area contributed by atoms with Crippen LogP contribution in [0.3, 0.4) is 0 Å². The van der Waals surface area contributed by atoms with E-state index in [1.807, 2.05) is 0 Å². The SMILES string of the molecule is CCc1c(C)cc(CC2CCC(Cc3c(C)cc(CC4CCC(C)CC4)c(C)c3C)CC2)c(C)c1C. The van der Waals surface area contributed by atoms with E-state index in [0.717, 1.165) is 30.1 Å². The summed E-state index contributed by atoms with van der Waals surface area (Å²) < 4.78 is 0. The van der Waals surface area contributed by atoms with Crippen molar-refractivity contribution in [2.75, 3.05) is 0 Å². The van der Waals surface area contributed by atoms with Crippen molar-refractivity contribution in [3.05, 3.63) is 67.8 Å². The summed E-state index contributed by atoms with van der Waals surface area (Å²) >= 11 is 0. The fraction of sp³-hybridized carbons (Fsp3) is 0.667. The summed E-state index contributed by atoms with van der Waals surface area (Å²) in [7, 11) is 0. The Bertz CT molecular complexity index is 1040. The predicted molar refractivity (Wildman–Crippen MR) is 158 cm³/mol. The average Bonchev–Trinajstić information content (AvgIpc) is 2.86. The molecule has 0 heterocycles. The van der Waals surface area contributed by atoms with Crippen molar-refractivity contribution in [2.45, 2.75) is 132 Å². The van der Waals surface area contributed by atoms with Crippen molar-refractivity contribution in [3.8, 4) is 0 Å². The van der Waals surface area contributed by atoms with E-state index in [-0.39, 0.29) is 0 Å². The van der Waals surface area contributed by atoms with Gasteiger partial charge >= 0.3 is 0 Å². The summed E-state index contributed by atoms with van der Waals surface area (Å²) in [5, 5.41) is 0. The highest BCUT2D eigenvalue weighted by molar-refractivity contribution is 5.46. The second-order valence-corrected chi connectivity index (χ2v) is 13.1. The molecule has 2 aliphatic carbocycles. The highest BCUT2D eigenvalue weighted by Crippen LogP contribution is 2.37. The van der Waals surface area contributed by atoms with E-state index >= 15 is 0 Å². The van der Waals surface area contributed by atoms with Crippen molar-refractivity contribution in [2.24, 2.45) is 23.7 Å². The van der Waals surface area contributed by atoms with E-state index in [1.165, 1.54) is 76.2 Å². The first-order chi connectivity index (χ1) is 17.2. The van der Waals surface area contributed by atoms with Crippen LogP contribution in [-0.2, 0) is 25.7 Å². The minimum Gasteiger partial charge on any atom is -0.0625 e. The largest absolute Gasteiger partial charge is 0.0625 e. The molecule has 2 saturated carbocycles. The molecule has 0 saturated heterocycles. The van der Waals surface area contributed by atoms with Crippen molar-refractivity contribution in [1.29, 1.82) is 0 Å². The van der Waals surface area contributed by atoms with E-state index in [1.54, 1.807) is 50.1 Å². The van der Waals surface area contributed by atoms with E-state index in [2.05, 4.69) is 67.5 Å². The quantitative estimate of drug-likeness (QED) is 0.365. The zero-order chi connectivity index (χ0) is 26.0. The molecule has 2 aromatic carbocycles. The van der Waals surface area contributed by atoms with Crippen LogP contribution < -0.4 is 0 Å². The third kappa shape index (κ3) is 6.11. The standard InChI is InChI=1S/C36H54/c1-9-35-24(3)18-33(26(5)28(35)7)21-31-14-16-32(17-15-31)22-36-25(4)19-34(27(6)29(36)8)20-30-12-10-23(2)11-13-30/h18-19,23,30-32H,9-17,20-22H2,1-8H3. The Hall–Kier alpha value is -1.56. The summed E-state index contributed by atoms with van der Waals surface area (Å²) in [5.41, 5.74) is 15.9. The molecule has 4 rings (SSSR count). The molecule has 2 aromatic rings. The second kappa shape index (κ2) is 11.9. The zero-order valence-electron chi connectivity index (χ0n) is 24.9. The van der Waals surface area contributed by atoms with Gasteiger partial charge in [0.05, 0.1) is 0 Å². The molecule has 0 atom stereocenters. The molecule has 36 heavy (non-hydrogen) atoms. The Morgan fingerprint density at radius 1 is 0.528 bits per heavy atom. The molecule has 0 spiro atoms. The van der Waals surface area contributed by atoms with Crippen molar-refractivity contribution in [3.63, 3.8) is 0 Å². The van der Waals surface area contributed by atoms with Gasteiger partial charge in [-0.3, -0.25) is 0 Å². The van der Waals surface area contributed by atoms with Crippen LogP contribution in [0.25, 0.3) is 0 Å². The van der Waals surface area contributed by atoms with Crippen molar-refractivity contribution < 1.29 is 0 Å². The molecule has 0 unspecified atom stereocenters. The van der Waals surface area contributed by atoms with Crippen LogP contribution >= 0.6 is 0 Å². The summed E-state index contributed by atoms with van der Waals surface area (Å²) in [6.07, 6.45) is 16.4. The maximum absolute atomic E-state index is 2.58. The van der Waals surface area contributed by atoms with Gasteiger partial charge in [0.15, 0.2) is 0 Å². The summed E-state index contributed by atoms with van der Waals surface area (Å²) in [4.78, 5) is 0. The first kappa shape index (κ1) is 27.5. The van der Waals surface area contributed by atoms with Gasteiger partial charge < -0.3 is 0 Å². The summed E-state index contributed by atoms with van der Waals surface area (Å²) in [6, 6.07) is 5.09. The van der Waals surface area contributed by atoms with Crippen LogP contribution in [-0.4, -0.2) is 0 Å². The predicted octanol–water partition coefficient (Wildman–Crippen LogP) is 10.1. The molecule has 0 nitrogen and oxygen atoms in total. The fourth-order valence-electron chi connectivity index (χ4n) is 7.81. The van der Waals surface area contributed by atoms with E-state index < -0.39 is 0 Å². The van der Waals surface area contributed by atoms with Gasteiger partial charge in [-0.15, -0.1) is 0 Å². The molecular weight excluding hydrogens is 432 g/mol. The molecule has 0 amide bonds. The second-order valence-electron chi connectivity index (χ2n) is 13.1. The maximum atomic E-state index is 2.58. The molecule has 198 valence electrons.